The molecule has 0 atom stereocenters. The molecule has 0 aromatic rings. The second-order valence-corrected chi connectivity index (χ2v) is 3.17. The maximum Gasteiger partial charge on any atom is 0.269 e. The predicted octanol–water partition coefficient (Wildman–Crippen LogP) is -0.464. The number of amides is 1. The first-order valence-corrected chi connectivity index (χ1v) is 5.14. The topological polar surface area (TPSA) is 109 Å². The lowest BCUT2D eigenvalue weighted by Gasteiger charge is -2.05. The minimum Gasteiger partial charge on any atom is -0.497 e. The van der Waals surface area contributed by atoms with Gasteiger partial charge in [0.15, 0.2) is 0 Å². The fourth-order valence-corrected chi connectivity index (χ4v) is 0.929. The molecule has 102 valence electrons. The van der Waals surface area contributed by atoms with E-state index in [2.05, 4.69) is 11.6 Å². The van der Waals surface area contributed by atoms with Crippen LogP contribution in [-0.2, 0) is 19.0 Å². The van der Waals surface area contributed by atoms with Crippen molar-refractivity contribution in [2.75, 3.05) is 34.2 Å². The fourth-order valence-electron chi connectivity index (χ4n) is 0.929. The Morgan fingerprint density at radius 1 is 1.33 bits per heavy atom. The molecule has 0 unspecified atom stereocenters. The first-order valence-electron chi connectivity index (χ1n) is 5.14. The van der Waals surface area contributed by atoms with E-state index in [4.69, 9.17) is 25.7 Å². The van der Waals surface area contributed by atoms with Crippen molar-refractivity contribution in [3.63, 3.8) is 0 Å². The molecular formula is C11H19N3O4. The molecule has 7 nitrogen and oxygen atoms in total. The van der Waals surface area contributed by atoms with Crippen LogP contribution in [0.4, 0.5) is 0 Å². The first-order chi connectivity index (χ1) is 8.52. The van der Waals surface area contributed by atoms with Crippen molar-refractivity contribution in [3.05, 3.63) is 24.1 Å². The number of rotatable bonds is 9. The number of hydrogen-bond donors (Lipinski definition) is 2. The molecule has 0 rings (SSSR count). The van der Waals surface area contributed by atoms with E-state index in [1.165, 1.54) is 13.2 Å². The molecule has 0 aliphatic heterocycles. The smallest absolute Gasteiger partial charge is 0.269 e. The Morgan fingerprint density at radius 2 is 2.00 bits per heavy atom. The van der Waals surface area contributed by atoms with Crippen LogP contribution in [0.15, 0.2) is 29.1 Å². The highest BCUT2D eigenvalue weighted by molar-refractivity contribution is 6.44. The molecule has 0 fully saturated rings. The lowest BCUT2D eigenvalue weighted by molar-refractivity contribution is -0.112. The zero-order valence-corrected chi connectivity index (χ0v) is 10.6. The highest BCUT2D eigenvalue weighted by Crippen LogP contribution is 1.99. The quantitative estimate of drug-likeness (QED) is 0.251. The lowest BCUT2D eigenvalue weighted by atomic mass is 10.2. The second kappa shape index (κ2) is 9.20. The second-order valence-electron chi connectivity index (χ2n) is 3.17. The van der Waals surface area contributed by atoms with E-state index in [-0.39, 0.29) is 18.1 Å². The minimum absolute atomic E-state index is 0.0321. The van der Waals surface area contributed by atoms with Crippen LogP contribution in [0.1, 0.15) is 0 Å². The molecule has 0 spiro atoms. The number of methoxy groups -OCH3 is 2. The fraction of sp³-hybridized carbons (Fsp3) is 0.455. The van der Waals surface area contributed by atoms with Crippen LogP contribution in [0.25, 0.3) is 0 Å². The first kappa shape index (κ1) is 16.1. The van der Waals surface area contributed by atoms with Crippen LogP contribution >= 0.6 is 0 Å². The van der Waals surface area contributed by atoms with Crippen LogP contribution in [-0.4, -0.2) is 45.8 Å². The third kappa shape index (κ3) is 6.66. The van der Waals surface area contributed by atoms with Crippen molar-refractivity contribution in [2.24, 2.45) is 16.5 Å². The molecule has 0 aliphatic carbocycles. The molecule has 0 heterocycles. The Kier molecular flexibility index (Phi) is 8.25. The van der Waals surface area contributed by atoms with Crippen molar-refractivity contribution in [2.45, 2.75) is 0 Å². The van der Waals surface area contributed by atoms with Crippen LogP contribution in [0.5, 0.6) is 0 Å². The predicted molar refractivity (Wildman–Crippen MR) is 67.7 cm³/mol. The monoisotopic (exact) mass is 257 g/mol. The number of nitrogens with zero attached hydrogens (tertiary/aromatic N) is 1. The largest absolute Gasteiger partial charge is 0.497 e. The molecule has 0 radical (unpaired) electrons. The summed E-state index contributed by atoms with van der Waals surface area (Å²) in [6, 6.07) is 0. The van der Waals surface area contributed by atoms with Crippen LogP contribution in [0.2, 0.25) is 0 Å². The van der Waals surface area contributed by atoms with Crippen molar-refractivity contribution < 1.29 is 19.0 Å². The number of aliphatic imine (C=N–C) groups is 1. The van der Waals surface area contributed by atoms with Gasteiger partial charge < -0.3 is 25.7 Å². The van der Waals surface area contributed by atoms with Gasteiger partial charge in [-0.25, -0.2) is 4.99 Å². The van der Waals surface area contributed by atoms with E-state index in [9.17, 15) is 4.79 Å². The Balaban J connectivity index is 4.55. The number of carbonyl (C=O) groups is 1. The average Bonchev–Trinajstić information content (AvgIpc) is 2.32. The zero-order valence-electron chi connectivity index (χ0n) is 10.6. The van der Waals surface area contributed by atoms with Gasteiger partial charge >= 0.3 is 0 Å². The third-order valence-electron chi connectivity index (χ3n) is 1.83. The summed E-state index contributed by atoms with van der Waals surface area (Å²) < 4.78 is 14.7. The molecule has 0 bridgehead atoms. The number of allylic oxidation sites excluding steroid dienone is 1. The standard InChI is InChI=1S/C11H19N3O4/c1-8(17-3)6-9(12)10(11(13)15)14-7-18-5-4-16-2/h6H,1,4-5,7,12H2,2-3H3,(H2,13,15)/b9-6+,14-10+. The SMILES string of the molecule is C=C(/C=C(N)\C(=N/COCCOC)C(N)=O)OC. The van der Waals surface area contributed by atoms with Crippen molar-refractivity contribution in [1.29, 1.82) is 0 Å². The zero-order chi connectivity index (χ0) is 14.0. The van der Waals surface area contributed by atoms with Gasteiger partial charge in [-0.15, -0.1) is 0 Å². The molecule has 4 N–H and O–H groups in total. The Labute approximate surface area is 106 Å². The number of hydrogen-bond acceptors (Lipinski definition) is 6. The number of nitrogens with two attached hydrogens (primary N) is 2. The number of carbonyl (C=O) groups excluding carboxylic acids is 1. The summed E-state index contributed by atoms with van der Waals surface area (Å²) in [6.07, 6.45) is 1.36. The summed E-state index contributed by atoms with van der Waals surface area (Å²) in [5, 5.41) is 0. The minimum atomic E-state index is -0.747. The van der Waals surface area contributed by atoms with Gasteiger partial charge in [0, 0.05) is 13.2 Å². The van der Waals surface area contributed by atoms with Crippen molar-refractivity contribution in [1.82, 2.24) is 0 Å². The van der Waals surface area contributed by atoms with E-state index in [0.717, 1.165) is 0 Å². The molecule has 0 saturated heterocycles. The van der Waals surface area contributed by atoms with Gasteiger partial charge in [-0.2, -0.15) is 0 Å². The van der Waals surface area contributed by atoms with E-state index >= 15 is 0 Å². The van der Waals surface area contributed by atoms with E-state index in [1.807, 2.05) is 0 Å². The summed E-state index contributed by atoms with van der Waals surface area (Å²) in [7, 11) is 2.99. The van der Waals surface area contributed by atoms with Crippen LogP contribution < -0.4 is 11.5 Å². The summed E-state index contributed by atoms with van der Waals surface area (Å²) >= 11 is 0. The molecule has 0 aromatic carbocycles. The molecular weight excluding hydrogens is 238 g/mol. The molecule has 0 aromatic heterocycles. The van der Waals surface area contributed by atoms with Gasteiger partial charge in [0.25, 0.3) is 5.91 Å². The van der Waals surface area contributed by atoms with E-state index in [1.54, 1.807) is 7.11 Å². The summed E-state index contributed by atoms with van der Waals surface area (Å²) in [6.45, 7) is 4.31. The van der Waals surface area contributed by atoms with E-state index < -0.39 is 5.91 Å². The molecule has 0 aliphatic rings. The van der Waals surface area contributed by atoms with Crippen molar-refractivity contribution >= 4 is 11.6 Å². The lowest BCUT2D eigenvalue weighted by Crippen LogP contribution is -2.29. The summed E-state index contributed by atoms with van der Waals surface area (Å²) in [5.74, 6) is -0.454. The van der Waals surface area contributed by atoms with Gasteiger partial charge in [0.1, 0.15) is 18.2 Å². The Bertz CT molecular complexity index is 350. The average molecular weight is 257 g/mol. The normalized spacial score (nSPS) is 12.3. The van der Waals surface area contributed by atoms with Gasteiger partial charge in [0.2, 0.25) is 0 Å². The summed E-state index contributed by atoms with van der Waals surface area (Å²) in [5.41, 5.74) is 10.8. The highest BCUT2D eigenvalue weighted by Gasteiger charge is 2.10. The maximum absolute atomic E-state index is 11.2. The molecule has 1 amide bonds. The van der Waals surface area contributed by atoms with E-state index in [0.29, 0.717) is 19.0 Å². The van der Waals surface area contributed by atoms with Gasteiger partial charge in [-0.3, -0.25) is 4.79 Å². The molecule has 18 heavy (non-hydrogen) atoms. The highest BCUT2D eigenvalue weighted by atomic mass is 16.5. The van der Waals surface area contributed by atoms with Gasteiger partial charge in [-0.05, 0) is 0 Å². The van der Waals surface area contributed by atoms with Gasteiger partial charge in [-0.1, -0.05) is 6.58 Å². The maximum atomic E-state index is 11.2. The third-order valence-corrected chi connectivity index (χ3v) is 1.83. The van der Waals surface area contributed by atoms with Crippen LogP contribution in [0, 0.1) is 0 Å². The van der Waals surface area contributed by atoms with Crippen LogP contribution in [0.3, 0.4) is 0 Å². The molecule has 0 saturated carbocycles. The molecule has 7 heteroatoms. The van der Waals surface area contributed by atoms with Gasteiger partial charge in [0.05, 0.1) is 26.0 Å². The summed E-state index contributed by atoms with van der Waals surface area (Å²) in [4.78, 5) is 15.0. The Morgan fingerprint density at radius 3 is 2.50 bits per heavy atom. The Hall–Kier alpha value is -1.86. The number of primary amides is 1. The number of ether oxygens (including phenoxy) is 3. The van der Waals surface area contributed by atoms with Crippen molar-refractivity contribution in [3.8, 4) is 0 Å².